The second kappa shape index (κ2) is 7.40. The van der Waals surface area contributed by atoms with Crippen molar-refractivity contribution in [3.8, 4) is 0 Å². The predicted molar refractivity (Wildman–Crippen MR) is 102 cm³/mol. The highest BCUT2D eigenvalue weighted by Crippen LogP contribution is 2.43. The summed E-state index contributed by atoms with van der Waals surface area (Å²) in [5, 5.41) is 10.0. The van der Waals surface area contributed by atoms with Gasteiger partial charge in [-0.1, -0.05) is 23.7 Å². The summed E-state index contributed by atoms with van der Waals surface area (Å²) in [6.07, 6.45) is -1.81. The van der Waals surface area contributed by atoms with E-state index in [1.165, 1.54) is 12.3 Å². The molecule has 1 aliphatic rings. The van der Waals surface area contributed by atoms with Crippen LogP contribution in [0.4, 0.5) is 24.7 Å². The summed E-state index contributed by atoms with van der Waals surface area (Å²) in [6.45, 7) is 0. The third-order valence-corrected chi connectivity index (χ3v) is 4.87. The lowest BCUT2D eigenvalue weighted by Crippen LogP contribution is -2.35. The van der Waals surface area contributed by atoms with Crippen LogP contribution in [0.5, 0.6) is 0 Å². The van der Waals surface area contributed by atoms with E-state index in [-0.39, 0.29) is 17.9 Å². The summed E-state index contributed by atoms with van der Waals surface area (Å²) in [5.41, 5.74) is 0.961. The van der Waals surface area contributed by atoms with Gasteiger partial charge in [0.25, 0.3) is 5.91 Å². The molecular formula is C19H15ClF3N5O. The highest BCUT2D eigenvalue weighted by molar-refractivity contribution is 6.30. The van der Waals surface area contributed by atoms with Gasteiger partial charge < -0.3 is 10.6 Å². The monoisotopic (exact) mass is 421 g/mol. The van der Waals surface area contributed by atoms with Crippen LogP contribution in [0.15, 0.2) is 54.9 Å². The van der Waals surface area contributed by atoms with Crippen LogP contribution in [-0.4, -0.2) is 26.8 Å². The van der Waals surface area contributed by atoms with Gasteiger partial charge in [-0.2, -0.15) is 18.3 Å². The number of nitrogens with one attached hydrogen (secondary N) is 2. The Labute approximate surface area is 168 Å². The second-order valence-corrected chi connectivity index (χ2v) is 7.03. The minimum absolute atomic E-state index is 0.120. The molecule has 3 aromatic rings. The van der Waals surface area contributed by atoms with E-state index in [1.54, 1.807) is 42.6 Å². The molecule has 0 fully saturated rings. The van der Waals surface area contributed by atoms with Crippen molar-refractivity contribution in [2.75, 3.05) is 10.6 Å². The van der Waals surface area contributed by atoms with Crippen LogP contribution in [0.3, 0.4) is 0 Å². The number of benzene rings is 1. The number of carbonyl (C=O) groups is 1. The summed E-state index contributed by atoms with van der Waals surface area (Å²) >= 11 is 5.87. The second-order valence-electron chi connectivity index (χ2n) is 6.60. The van der Waals surface area contributed by atoms with Crippen LogP contribution >= 0.6 is 11.6 Å². The van der Waals surface area contributed by atoms with Gasteiger partial charge in [0.05, 0.1) is 17.9 Å². The molecule has 29 heavy (non-hydrogen) atoms. The predicted octanol–water partition coefficient (Wildman–Crippen LogP) is 4.84. The highest BCUT2D eigenvalue weighted by atomic mass is 35.5. The van der Waals surface area contributed by atoms with E-state index in [0.29, 0.717) is 16.3 Å². The molecule has 10 heteroatoms. The Morgan fingerprint density at radius 1 is 1.24 bits per heavy atom. The zero-order valence-electron chi connectivity index (χ0n) is 14.8. The number of carbonyl (C=O) groups excluding carboxylic acids is 1. The molecule has 1 aliphatic heterocycles. The van der Waals surface area contributed by atoms with E-state index in [4.69, 9.17) is 11.6 Å². The summed E-state index contributed by atoms with van der Waals surface area (Å²) in [6, 6.07) is 8.70. The van der Waals surface area contributed by atoms with E-state index < -0.39 is 24.2 Å². The smallest absolute Gasteiger partial charge is 0.363 e. The molecular weight excluding hydrogens is 407 g/mol. The zero-order valence-corrected chi connectivity index (χ0v) is 15.6. The molecule has 2 N–H and O–H groups in total. The standard InChI is InChI=1S/C19H15ClF3N5O/c20-12-5-3-11(4-6-12)14-8-16(19(21,22)23)28-17(26-14)9-15(27-28)18(29)25-13-2-1-7-24-10-13/h1-7,9-10,14,16,26H,8H2,(H,25,29). The maximum atomic E-state index is 13.7. The van der Waals surface area contributed by atoms with Crippen LogP contribution in [0, 0.1) is 0 Å². The number of halogens is 4. The first-order valence-electron chi connectivity index (χ1n) is 8.71. The van der Waals surface area contributed by atoms with Gasteiger partial charge in [-0.15, -0.1) is 0 Å². The lowest BCUT2D eigenvalue weighted by Gasteiger charge is -2.33. The van der Waals surface area contributed by atoms with Crippen molar-refractivity contribution in [2.45, 2.75) is 24.7 Å². The number of nitrogens with zero attached hydrogens (tertiary/aromatic N) is 3. The Kier molecular flexibility index (Phi) is 4.91. The van der Waals surface area contributed by atoms with Crippen molar-refractivity contribution < 1.29 is 18.0 Å². The number of anilines is 2. The van der Waals surface area contributed by atoms with E-state index >= 15 is 0 Å². The molecule has 2 atom stereocenters. The number of alkyl halides is 3. The molecule has 150 valence electrons. The summed E-state index contributed by atoms with van der Waals surface area (Å²) in [5.74, 6) is -0.500. The first kappa shape index (κ1) is 19.3. The number of rotatable bonds is 3. The zero-order chi connectivity index (χ0) is 20.6. The summed E-state index contributed by atoms with van der Waals surface area (Å²) in [4.78, 5) is 16.3. The Bertz CT molecular complexity index is 1020. The third kappa shape index (κ3) is 4.04. The largest absolute Gasteiger partial charge is 0.410 e. The van der Waals surface area contributed by atoms with Gasteiger partial charge in [0.2, 0.25) is 0 Å². The fourth-order valence-corrected chi connectivity index (χ4v) is 3.36. The third-order valence-electron chi connectivity index (χ3n) is 4.61. The maximum Gasteiger partial charge on any atom is 0.410 e. The molecule has 0 bridgehead atoms. The first-order valence-corrected chi connectivity index (χ1v) is 9.09. The van der Waals surface area contributed by atoms with Crippen molar-refractivity contribution in [3.63, 3.8) is 0 Å². The molecule has 0 saturated carbocycles. The average molecular weight is 422 g/mol. The summed E-state index contributed by atoms with van der Waals surface area (Å²) < 4.78 is 42.0. The van der Waals surface area contributed by atoms with E-state index in [0.717, 1.165) is 4.68 Å². The molecule has 1 amide bonds. The fourth-order valence-electron chi connectivity index (χ4n) is 3.23. The van der Waals surface area contributed by atoms with E-state index in [2.05, 4.69) is 20.7 Å². The van der Waals surface area contributed by atoms with Crippen LogP contribution < -0.4 is 10.6 Å². The minimum Gasteiger partial charge on any atom is -0.363 e. The van der Waals surface area contributed by atoms with Crippen molar-refractivity contribution >= 4 is 29.0 Å². The molecule has 2 unspecified atom stereocenters. The normalized spacial score (nSPS) is 18.6. The lowest BCUT2D eigenvalue weighted by atomic mass is 9.97. The molecule has 0 radical (unpaired) electrons. The molecule has 4 rings (SSSR count). The molecule has 0 saturated heterocycles. The Morgan fingerprint density at radius 2 is 2.00 bits per heavy atom. The van der Waals surface area contributed by atoms with Gasteiger partial charge in [0.1, 0.15) is 5.82 Å². The SMILES string of the molecule is O=C(Nc1cccnc1)c1cc2n(n1)C(C(F)(F)F)CC(c1ccc(Cl)cc1)N2. The average Bonchev–Trinajstić information content (AvgIpc) is 3.12. The number of hydrogen-bond donors (Lipinski definition) is 2. The van der Waals surface area contributed by atoms with Gasteiger partial charge in [-0.25, -0.2) is 4.68 Å². The quantitative estimate of drug-likeness (QED) is 0.634. The molecule has 2 aromatic heterocycles. The molecule has 3 heterocycles. The van der Waals surface area contributed by atoms with Crippen molar-refractivity contribution in [1.29, 1.82) is 0 Å². The van der Waals surface area contributed by atoms with Gasteiger partial charge in [-0.05, 0) is 29.8 Å². The van der Waals surface area contributed by atoms with Crippen LogP contribution in [-0.2, 0) is 0 Å². The van der Waals surface area contributed by atoms with E-state index in [9.17, 15) is 18.0 Å². The minimum atomic E-state index is -4.52. The van der Waals surface area contributed by atoms with Gasteiger partial charge in [0, 0.05) is 23.7 Å². The Hall–Kier alpha value is -3.07. The van der Waals surface area contributed by atoms with Gasteiger partial charge >= 0.3 is 6.18 Å². The van der Waals surface area contributed by atoms with Gasteiger partial charge in [0.15, 0.2) is 11.7 Å². The Balaban J connectivity index is 1.65. The molecule has 0 aliphatic carbocycles. The number of fused-ring (bicyclic) bond motifs is 1. The van der Waals surface area contributed by atoms with Crippen LogP contribution in [0.2, 0.25) is 5.02 Å². The number of amides is 1. The topological polar surface area (TPSA) is 71.8 Å². The number of pyridine rings is 1. The van der Waals surface area contributed by atoms with E-state index in [1.807, 2.05) is 0 Å². The Morgan fingerprint density at radius 3 is 2.66 bits per heavy atom. The van der Waals surface area contributed by atoms with Crippen molar-refractivity contribution in [2.24, 2.45) is 0 Å². The fraction of sp³-hybridized carbons (Fsp3) is 0.211. The molecule has 0 spiro atoms. The van der Waals surface area contributed by atoms with Crippen molar-refractivity contribution in [3.05, 3.63) is 71.1 Å². The number of hydrogen-bond acceptors (Lipinski definition) is 4. The number of aromatic nitrogens is 3. The van der Waals surface area contributed by atoms with Crippen molar-refractivity contribution in [1.82, 2.24) is 14.8 Å². The summed E-state index contributed by atoms with van der Waals surface area (Å²) in [7, 11) is 0. The van der Waals surface area contributed by atoms with Crippen LogP contribution in [0.1, 0.15) is 34.6 Å². The lowest BCUT2D eigenvalue weighted by molar-refractivity contribution is -0.173. The first-order chi connectivity index (χ1) is 13.8. The highest BCUT2D eigenvalue weighted by Gasteiger charge is 2.46. The molecule has 6 nitrogen and oxygen atoms in total. The molecule has 1 aromatic carbocycles. The van der Waals surface area contributed by atoms with Crippen LogP contribution in [0.25, 0.3) is 0 Å². The maximum absolute atomic E-state index is 13.7. The van der Waals surface area contributed by atoms with Gasteiger partial charge in [-0.3, -0.25) is 9.78 Å².